The van der Waals surface area contributed by atoms with Crippen molar-refractivity contribution in [3.63, 3.8) is 0 Å². The van der Waals surface area contributed by atoms with E-state index < -0.39 is 17.7 Å². The Morgan fingerprint density at radius 2 is 1.93 bits per heavy atom. The summed E-state index contributed by atoms with van der Waals surface area (Å²) >= 11 is 5.96. The van der Waals surface area contributed by atoms with E-state index >= 15 is 0 Å². The van der Waals surface area contributed by atoms with Gasteiger partial charge in [0, 0.05) is 5.02 Å². The zero-order chi connectivity index (χ0) is 20.0. The molecule has 2 rings (SSSR count). The van der Waals surface area contributed by atoms with Gasteiger partial charge in [0.2, 0.25) is 0 Å². The fourth-order valence-electron chi connectivity index (χ4n) is 3.36. The first-order valence-electron chi connectivity index (χ1n) is 9.57. The van der Waals surface area contributed by atoms with Gasteiger partial charge in [-0.05, 0) is 77.0 Å². The first kappa shape index (κ1) is 21.5. The molecule has 1 heterocycles. The molecule has 0 bridgehead atoms. The maximum Gasteiger partial charge on any atom is 0.408 e. The van der Waals surface area contributed by atoms with Gasteiger partial charge in [-0.15, -0.1) is 0 Å². The minimum absolute atomic E-state index is 0.198. The molecule has 150 valence electrons. The third kappa shape index (κ3) is 7.79. The zero-order valence-electron chi connectivity index (χ0n) is 16.6. The Kier molecular flexibility index (Phi) is 7.54. The van der Waals surface area contributed by atoms with Crippen molar-refractivity contribution < 1.29 is 19.1 Å². The fraction of sp³-hybridized carbons (Fsp3) is 0.619. The van der Waals surface area contributed by atoms with E-state index in [1.54, 1.807) is 20.8 Å². The van der Waals surface area contributed by atoms with Gasteiger partial charge >= 0.3 is 12.1 Å². The minimum atomic E-state index is -0.670. The number of nitrogens with one attached hydrogen (secondary N) is 1. The lowest BCUT2D eigenvalue weighted by Crippen LogP contribution is -2.44. The molecule has 1 aromatic carbocycles. The number of hydrogen-bond donors (Lipinski definition) is 1. The molecule has 6 heteroatoms. The van der Waals surface area contributed by atoms with Gasteiger partial charge in [0.05, 0.1) is 6.10 Å². The Morgan fingerprint density at radius 1 is 1.26 bits per heavy atom. The summed E-state index contributed by atoms with van der Waals surface area (Å²) in [6, 6.07) is 7.21. The average Bonchev–Trinajstić information content (AvgIpc) is 2.59. The molecular formula is C21H30ClNO4. The van der Waals surface area contributed by atoms with E-state index in [1.165, 1.54) is 5.56 Å². The maximum atomic E-state index is 12.4. The third-order valence-electron chi connectivity index (χ3n) is 4.50. The first-order valence-corrected chi connectivity index (χ1v) is 9.94. The summed E-state index contributed by atoms with van der Waals surface area (Å²) in [5.41, 5.74) is 0.620. The molecule has 1 fully saturated rings. The molecule has 1 N–H and O–H groups in total. The molecule has 27 heavy (non-hydrogen) atoms. The summed E-state index contributed by atoms with van der Waals surface area (Å²) in [5, 5.41) is 3.39. The van der Waals surface area contributed by atoms with Crippen LogP contribution in [-0.2, 0) is 20.7 Å². The quantitative estimate of drug-likeness (QED) is 0.739. The largest absolute Gasteiger partial charge is 0.461 e. The number of rotatable bonds is 3. The number of cyclic esters (lactones) is 1. The molecule has 1 aliphatic rings. The number of ether oxygens (including phenoxy) is 2. The van der Waals surface area contributed by atoms with Crippen LogP contribution < -0.4 is 5.32 Å². The van der Waals surface area contributed by atoms with Crippen molar-refractivity contribution in [2.24, 2.45) is 5.92 Å². The third-order valence-corrected chi connectivity index (χ3v) is 4.75. The summed E-state index contributed by atoms with van der Waals surface area (Å²) in [5.74, 6) is 0.0229. The Labute approximate surface area is 166 Å². The molecule has 5 nitrogen and oxygen atoms in total. The van der Waals surface area contributed by atoms with Gasteiger partial charge in [0.25, 0.3) is 0 Å². The summed E-state index contributed by atoms with van der Waals surface area (Å²) in [6.07, 6.45) is 3.28. The topological polar surface area (TPSA) is 64.6 Å². The molecule has 1 saturated heterocycles. The SMILES string of the molecule is CC1CC(Cc2ccc(Cl)cc2)CCC[C@H](NC(=O)OC(C)(C)C)C(=O)O1. The Hall–Kier alpha value is -1.75. The van der Waals surface area contributed by atoms with Crippen molar-refractivity contribution >= 4 is 23.7 Å². The lowest BCUT2D eigenvalue weighted by atomic mass is 9.89. The van der Waals surface area contributed by atoms with Crippen molar-refractivity contribution in [1.29, 1.82) is 0 Å². The number of alkyl carbamates (subject to hydrolysis) is 1. The van der Waals surface area contributed by atoms with Crippen LogP contribution in [-0.4, -0.2) is 29.8 Å². The molecule has 1 aromatic rings. The van der Waals surface area contributed by atoms with E-state index in [2.05, 4.69) is 5.32 Å². The summed E-state index contributed by atoms with van der Waals surface area (Å²) in [6.45, 7) is 7.27. The highest BCUT2D eigenvalue weighted by atomic mass is 35.5. The van der Waals surface area contributed by atoms with Gasteiger partial charge in [0.15, 0.2) is 0 Å². The summed E-state index contributed by atoms with van der Waals surface area (Å²) in [7, 11) is 0. The normalized spacial score (nSPS) is 24.2. The lowest BCUT2D eigenvalue weighted by Gasteiger charge is -2.23. The Bertz CT molecular complexity index is 639. The number of carbonyl (C=O) groups excluding carboxylic acids is 2. The number of esters is 1. The highest BCUT2D eigenvalue weighted by Gasteiger charge is 2.29. The van der Waals surface area contributed by atoms with Crippen LogP contribution in [0.5, 0.6) is 0 Å². The molecule has 0 radical (unpaired) electrons. The highest BCUT2D eigenvalue weighted by Crippen LogP contribution is 2.25. The standard InChI is InChI=1S/C21H30ClNO4/c1-14-12-16(13-15-8-10-17(22)11-9-15)6-5-7-18(19(24)26-14)23-20(25)27-21(2,3)4/h8-11,14,16,18H,5-7,12-13H2,1-4H3,(H,23,25)/t14?,16?,18-/m0/s1. The smallest absolute Gasteiger partial charge is 0.408 e. The number of hydrogen-bond acceptors (Lipinski definition) is 4. The van der Waals surface area contributed by atoms with Gasteiger partial charge in [-0.3, -0.25) is 0 Å². The van der Waals surface area contributed by atoms with E-state index in [1.807, 2.05) is 31.2 Å². The van der Waals surface area contributed by atoms with E-state index in [0.29, 0.717) is 12.3 Å². The van der Waals surface area contributed by atoms with Crippen LogP contribution in [0.2, 0.25) is 5.02 Å². The maximum absolute atomic E-state index is 12.4. The van der Waals surface area contributed by atoms with Gasteiger partial charge in [-0.2, -0.15) is 0 Å². The number of benzene rings is 1. The number of halogens is 1. The lowest BCUT2D eigenvalue weighted by molar-refractivity contribution is -0.151. The van der Waals surface area contributed by atoms with Crippen molar-refractivity contribution in [3.8, 4) is 0 Å². The Balaban J connectivity index is 1.97. The van der Waals surface area contributed by atoms with E-state index in [4.69, 9.17) is 21.1 Å². The molecule has 3 atom stereocenters. The molecule has 0 aromatic heterocycles. The van der Waals surface area contributed by atoms with Gasteiger partial charge in [-0.1, -0.05) is 30.2 Å². The molecule has 2 unspecified atom stereocenters. The molecule has 0 spiro atoms. The Morgan fingerprint density at radius 3 is 2.56 bits per heavy atom. The van der Waals surface area contributed by atoms with Crippen LogP contribution in [0.4, 0.5) is 4.79 Å². The van der Waals surface area contributed by atoms with Crippen LogP contribution in [0.3, 0.4) is 0 Å². The molecular weight excluding hydrogens is 366 g/mol. The zero-order valence-corrected chi connectivity index (χ0v) is 17.3. The summed E-state index contributed by atoms with van der Waals surface area (Å²) < 4.78 is 10.8. The van der Waals surface area contributed by atoms with Gasteiger partial charge < -0.3 is 14.8 Å². The van der Waals surface area contributed by atoms with E-state index in [0.717, 1.165) is 30.7 Å². The monoisotopic (exact) mass is 395 g/mol. The second-order valence-corrected chi connectivity index (χ2v) is 8.75. The van der Waals surface area contributed by atoms with E-state index in [-0.39, 0.29) is 12.1 Å². The van der Waals surface area contributed by atoms with Crippen LogP contribution in [0, 0.1) is 5.92 Å². The van der Waals surface area contributed by atoms with Crippen LogP contribution in [0.25, 0.3) is 0 Å². The van der Waals surface area contributed by atoms with Gasteiger partial charge in [0.1, 0.15) is 11.6 Å². The molecule has 0 saturated carbocycles. The second-order valence-electron chi connectivity index (χ2n) is 8.31. The first-order chi connectivity index (χ1) is 12.6. The highest BCUT2D eigenvalue weighted by molar-refractivity contribution is 6.30. The fourth-order valence-corrected chi connectivity index (χ4v) is 3.49. The summed E-state index contributed by atoms with van der Waals surface area (Å²) in [4.78, 5) is 24.4. The van der Waals surface area contributed by atoms with Crippen LogP contribution in [0.1, 0.15) is 58.9 Å². The van der Waals surface area contributed by atoms with E-state index in [9.17, 15) is 9.59 Å². The minimum Gasteiger partial charge on any atom is -0.461 e. The van der Waals surface area contributed by atoms with Crippen molar-refractivity contribution in [3.05, 3.63) is 34.9 Å². The van der Waals surface area contributed by atoms with Gasteiger partial charge in [-0.25, -0.2) is 9.59 Å². The van der Waals surface area contributed by atoms with Crippen LogP contribution in [0.15, 0.2) is 24.3 Å². The van der Waals surface area contributed by atoms with Crippen molar-refractivity contribution in [2.75, 3.05) is 0 Å². The van der Waals surface area contributed by atoms with Crippen LogP contribution >= 0.6 is 11.6 Å². The molecule has 1 aliphatic heterocycles. The van der Waals surface area contributed by atoms with Crippen molar-refractivity contribution in [1.82, 2.24) is 5.32 Å². The molecule has 1 amide bonds. The predicted octanol–water partition coefficient (Wildman–Crippen LogP) is 4.90. The van der Waals surface area contributed by atoms with Crippen molar-refractivity contribution in [2.45, 2.75) is 77.5 Å². The number of carbonyl (C=O) groups is 2. The predicted molar refractivity (Wildman–Crippen MR) is 106 cm³/mol. The second kappa shape index (κ2) is 9.45. The average molecular weight is 396 g/mol. The molecule has 0 aliphatic carbocycles. The number of amides is 1.